The smallest absolute Gasteiger partial charge is 0.320 e. The number of carbonyl (C=O) groups is 1. The first kappa shape index (κ1) is 20.2. The number of anilines is 1. The molecule has 4 aromatic rings. The fourth-order valence-electron chi connectivity index (χ4n) is 3.77. The minimum Gasteiger partial charge on any atom is -0.320 e. The lowest BCUT2D eigenvalue weighted by molar-refractivity contribution is -0.137. The van der Waals surface area contributed by atoms with E-state index in [0.29, 0.717) is 22.3 Å². The molecule has 8 nitrogen and oxygen atoms in total. The average molecular weight is 441 g/mol. The Bertz CT molecular complexity index is 1340. The van der Waals surface area contributed by atoms with Crippen LogP contribution in [0.3, 0.4) is 0 Å². The lowest BCUT2D eigenvalue weighted by Gasteiger charge is -2.15. The van der Waals surface area contributed by atoms with Gasteiger partial charge in [-0.1, -0.05) is 0 Å². The molecule has 0 radical (unpaired) electrons. The van der Waals surface area contributed by atoms with Gasteiger partial charge in [0.05, 0.1) is 33.6 Å². The number of benzene rings is 1. The fraction of sp³-hybridized carbons (Fsp3) is 0.286. The van der Waals surface area contributed by atoms with Gasteiger partial charge in [0.1, 0.15) is 12.7 Å². The molecule has 1 amide bonds. The maximum Gasteiger partial charge on any atom is 0.416 e. The summed E-state index contributed by atoms with van der Waals surface area (Å²) in [6.45, 7) is 1.77. The second-order valence-electron chi connectivity index (χ2n) is 7.80. The highest BCUT2D eigenvalue weighted by Gasteiger charge is 2.32. The lowest BCUT2D eigenvalue weighted by Crippen LogP contribution is -2.17. The molecule has 1 saturated carbocycles. The minimum atomic E-state index is -4.57. The van der Waals surface area contributed by atoms with E-state index in [0.717, 1.165) is 30.7 Å². The summed E-state index contributed by atoms with van der Waals surface area (Å²) in [5.74, 6) is -0.267. The van der Waals surface area contributed by atoms with Crippen LogP contribution in [0.2, 0.25) is 0 Å². The van der Waals surface area contributed by atoms with Crippen LogP contribution in [0.1, 0.15) is 46.1 Å². The summed E-state index contributed by atoms with van der Waals surface area (Å²) in [5.41, 5.74) is 1.64. The third-order valence-corrected chi connectivity index (χ3v) is 5.47. The number of hydrogen-bond donors (Lipinski definition) is 1. The molecular formula is C21H18F3N7O. The van der Waals surface area contributed by atoms with Gasteiger partial charge in [0.25, 0.3) is 5.91 Å². The zero-order chi connectivity index (χ0) is 22.6. The van der Waals surface area contributed by atoms with Crippen molar-refractivity contribution in [1.29, 1.82) is 0 Å². The number of nitrogens with one attached hydrogen (secondary N) is 1. The van der Waals surface area contributed by atoms with Crippen molar-refractivity contribution in [3.63, 3.8) is 0 Å². The predicted octanol–water partition coefficient (Wildman–Crippen LogP) is 4.01. The monoisotopic (exact) mass is 441 g/mol. The Kier molecular flexibility index (Phi) is 4.50. The number of nitrogens with zero attached hydrogens (tertiary/aromatic N) is 6. The number of hydrogen-bond acceptors (Lipinski definition) is 5. The van der Waals surface area contributed by atoms with Gasteiger partial charge in [0.15, 0.2) is 5.65 Å². The van der Waals surface area contributed by atoms with Crippen molar-refractivity contribution in [1.82, 2.24) is 29.5 Å². The third-order valence-electron chi connectivity index (χ3n) is 5.47. The van der Waals surface area contributed by atoms with Gasteiger partial charge in [-0.25, -0.2) is 14.6 Å². The molecule has 0 aliphatic heterocycles. The van der Waals surface area contributed by atoms with Crippen molar-refractivity contribution >= 4 is 22.6 Å². The molecule has 0 atom stereocenters. The van der Waals surface area contributed by atoms with Crippen LogP contribution in [-0.4, -0.2) is 35.4 Å². The van der Waals surface area contributed by atoms with E-state index in [9.17, 15) is 18.0 Å². The summed E-state index contributed by atoms with van der Waals surface area (Å²) < 4.78 is 42.9. The van der Waals surface area contributed by atoms with Gasteiger partial charge < -0.3 is 5.32 Å². The Hall–Kier alpha value is -3.76. The normalized spacial score (nSPS) is 14.2. The number of halogens is 3. The molecule has 32 heavy (non-hydrogen) atoms. The van der Waals surface area contributed by atoms with Gasteiger partial charge >= 0.3 is 6.18 Å². The largest absolute Gasteiger partial charge is 0.416 e. The zero-order valence-electron chi connectivity index (χ0n) is 17.2. The third kappa shape index (κ3) is 3.49. The molecule has 1 N–H and O–H groups in total. The topological polar surface area (TPSA) is 90.5 Å². The van der Waals surface area contributed by atoms with Crippen LogP contribution in [0.5, 0.6) is 0 Å². The second kappa shape index (κ2) is 7.14. The highest BCUT2D eigenvalue weighted by Crippen LogP contribution is 2.40. The molecule has 11 heteroatoms. The van der Waals surface area contributed by atoms with E-state index in [-0.39, 0.29) is 17.3 Å². The van der Waals surface area contributed by atoms with Crippen LogP contribution in [-0.2, 0) is 13.2 Å². The molecule has 3 aromatic heterocycles. The van der Waals surface area contributed by atoms with Gasteiger partial charge in [-0.2, -0.15) is 23.4 Å². The number of aryl methyl sites for hydroxylation is 2. The van der Waals surface area contributed by atoms with Crippen LogP contribution in [0.15, 0.2) is 36.9 Å². The SMILES string of the molecule is Cc1nn(C)c2nc(C3CC3)cc(C(=O)Nc3cc(C(F)(F)F)ccc3-n3cncn3)c12. The Morgan fingerprint density at radius 2 is 2.00 bits per heavy atom. The molecule has 1 aromatic carbocycles. The molecule has 1 aliphatic carbocycles. The molecule has 0 saturated heterocycles. The van der Waals surface area contributed by atoms with Crippen molar-refractivity contribution in [3.8, 4) is 5.69 Å². The number of alkyl halides is 3. The second-order valence-corrected chi connectivity index (χ2v) is 7.80. The number of rotatable bonds is 4. The number of aromatic nitrogens is 6. The number of pyridine rings is 1. The highest BCUT2D eigenvalue weighted by atomic mass is 19.4. The summed E-state index contributed by atoms with van der Waals surface area (Å²) in [6, 6.07) is 4.80. The Balaban J connectivity index is 1.62. The van der Waals surface area contributed by atoms with Crippen molar-refractivity contribution in [3.05, 3.63) is 59.4 Å². The van der Waals surface area contributed by atoms with Gasteiger partial charge in [0.2, 0.25) is 0 Å². The zero-order valence-corrected chi connectivity index (χ0v) is 17.2. The highest BCUT2D eigenvalue weighted by molar-refractivity contribution is 6.13. The molecule has 0 spiro atoms. The molecule has 164 valence electrons. The Morgan fingerprint density at radius 1 is 1.22 bits per heavy atom. The Labute approximate surface area is 180 Å². The molecule has 3 heterocycles. The maximum absolute atomic E-state index is 13.4. The standard InChI is InChI=1S/C21H18F3N7O/c1-11-18-14(8-15(12-3-4-12)27-19(18)30(2)29-11)20(32)28-16-7-13(21(22,23)24)5-6-17(16)31-10-25-9-26-31/h5-10,12H,3-4H2,1-2H3,(H,28,32). The van der Waals surface area contributed by atoms with Crippen molar-refractivity contribution in [2.24, 2.45) is 7.05 Å². The summed E-state index contributed by atoms with van der Waals surface area (Å²) in [4.78, 5) is 21.9. The quantitative estimate of drug-likeness (QED) is 0.517. The molecule has 0 unspecified atom stereocenters. The van der Waals surface area contributed by atoms with E-state index in [4.69, 9.17) is 0 Å². The fourth-order valence-corrected chi connectivity index (χ4v) is 3.77. The van der Waals surface area contributed by atoms with Crippen LogP contribution in [0.25, 0.3) is 16.7 Å². The van der Waals surface area contributed by atoms with Crippen molar-refractivity contribution < 1.29 is 18.0 Å². The number of amides is 1. The molecular weight excluding hydrogens is 423 g/mol. The van der Waals surface area contributed by atoms with Gasteiger partial charge in [-0.15, -0.1) is 0 Å². The van der Waals surface area contributed by atoms with E-state index < -0.39 is 17.6 Å². The first-order chi connectivity index (χ1) is 15.2. The van der Waals surface area contributed by atoms with E-state index >= 15 is 0 Å². The van der Waals surface area contributed by atoms with E-state index in [1.165, 1.54) is 23.4 Å². The van der Waals surface area contributed by atoms with E-state index in [1.807, 2.05) is 0 Å². The first-order valence-corrected chi connectivity index (χ1v) is 9.94. The van der Waals surface area contributed by atoms with Crippen LogP contribution in [0.4, 0.5) is 18.9 Å². The van der Waals surface area contributed by atoms with Gasteiger partial charge in [-0.05, 0) is 44.0 Å². The average Bonchev–Trinajstić information content (AvgIpc) is 3.37. The van der Waals surface area contributed by atoms with Gasteiger partial charge in [-0.3, -0.25) is 9.48 Å². The minimum absolute atomic E-state index is 0.0326. The Morgan fingerprint density at radius 3 is 2.66 bits per heavy atom. The van der Waals surface area contributed by atoms with Crippen LogP contribution < -0.4 is 5.32 Å². The van der Waals surface area contributed by atoms with Crippen LogP contribution in [0, 0.1) is 6.92 Å². The summed E-state index contributed by atoms with van der Waals surface area (Å²) in [6.07, 6.45) is 0.0142. The maximum atomic E-state index is 13.4. The lowest BCUT2D eigenvalue weighted by atomic mass is 10.1. The molecule has 0 bridgehead atoms. The summed E-state index contributed by atoms with van der Waals surface area (Å²) in [7, 11) is 1.75. The molecule has 5 rings (SSSR count). The molecule has 1 fully saturated rings. The van der Waals surface area contributed by atoms with E-state index in [2.05, 4.69) is 25.5 Å². The van der Waals surface area contributed by atoms with Crippen LogP contribution >= 0.6 is 0 Å². The first-order valence-electron chi connectivity index (χ1n) is 9.94. The van der Waals surface area contributed by atoms with Crippen molar-refractivity contribution in [2.45, 2.75) is 31.9 Å². The van der Waals surface area contributed by atoms with E-state index in [1.54, 1.807) is 24.7 Å². The summed E-state index contributed by atoms with van der Waals surface area (Å²) >= 11 is 0. The summed E-state index contributed by atoms with van der Waals surface area (Å²) in [5, 5.41) is 11.6. The predicted molar refractivity (Wildman–Crippen MR) is 110 cm³/mol. The van der Waals surface area contributed by atoms with Crippen molar-refractivity contribution in [2.75, 3.05) is 5.32 Å². The number of carbonyl (C=O) groups excluding carboxylic acids is 1. The number of fused-ring (bicyclic) bond motifs is 1. The van der Waals surface area contributed by atoms with Gasteiger partial charge in [0, 0.05) is 18.7 Å². The molecule has 1 aliphatic rings.